The zero-order valence-corrected chi connectivity index (χ0v) is 13.2. The standard InChI is InChI=1S/C15H20Cl2N2O/c1-10-4-6-12(16)15(14(10)17)19-13(20)7-5-11-3-2-8-18-9-11/h4,6,11,18H,2-3,5,7-9H2,1H3,(H,19,20). The number of halogens is 2. The molecule has 1 atom stereocenters. The molecule has 1 amide bonds. The second-order valence-electron chi connectivity index (χ2n) is 5.35. The Hall–Kier alpha value is -0.770. The number of benzene rings is 1. The first kappa shape index (κ1) is 15.6. The minimum Gasteiger partial charge on any atom is -0.324 e. The quantitative estimate of drug-likeness (QED) is 0.881. The summed E-state index contributed by atoms with van der Waals surface area (Å²) in [4.78, 5) is 12.0. The Labute approximate surface area is 130 Å². The fraction of sp³-hybridized carbons (Fsp3) is 0.533. The summed E-state index contributed by atoms with van der Waals surface area (Å²) in [5, 5.41) is 7.19. The van der Waals surface area contributed by atoms with E-state index >= 15 is 0 Å². The Balaban J connectivity index is 1.89. The van der Waals surface area contributed by atoms with Crippen molar-refractivity contribution in [2.45, 2.75) is 32.6 Å². The van der Waals surface area contributed by atoms with Gasteiger partial charge in [-0.3, -0.25) is 4.79 Å². The predicted octanol–water partition coefficient (Wildman–Crippen LogP) is 4.02. The van der Waals surface area contributed by atoms with E-state index in [2.05, 4.69) is 10.6 Å². The molecule has 0 bridgehead atoms. The molecule has 1 saturated heterocycles. The zero-order chi connectivity index (χ0) is 14.5. The number of hydrogen-bond acceptors (Lipinski definition) is 2. The molecule has 1 aliphatic heterocycles. The van der Waals surface area contributed by atoms with Crippen molar-refractivity contribution in [3.63, 3.8) is 0 Å². The van der Waals surface area contributed by atoms with Gasteiger partial charge in [0.25, 0.3) is 0 Å². The number of carbonyl (C=O) groups is 1. The highest BCUT2D eigenvalue weighted by Crippen LogP contribution is 2.33. The highest BCUT2D eigenvalue weighted by molar-refractivity contribution is 6.40. The van der Waals surface area contributed by atoms with Crippen molar-refractivity contribution in [1.29, 1.82) is 0 Å². The molecule has 5 heteroatoms. The maximum atomic E-state index is 12.0. The predicted molar refractivity (Wildman–Crippen MR) is 84.7 cm³/mol. The fourth-order valence-electron chi connectivity index (χ4n) is 2.48. The molecule has 1 aromatic carbocycles. The molecule has 2 N–H and O–H groups in total. The average Bonchev–Trinajstić information content (AvgIpc) is 2.46. The first-order valence-electron chi connectivity index (χ1n) is 7.03. The lowest BCUT2D eigenvalue weighted by atomic mass is 9.94. The molecule has 0 saturated carbocycles. The van der Waals surface area contributed by atoms with Gasteiger partial charge < -0.3 is 10.6 Å². The van der Waals surface area contributed by atoms with E-state index in [0.29, 0.717) is 28.1 Å². The average molecular weight is 315 g/mol. The third-order valence-electron chi connectivity index (χ3n) is 3.73. The number of amides is 1. The van der Waals surface area contributed by atoms with Gasteiger partial charge in [0.15, 0.2) is 0 Å². The van der Waals surface area contributed by atoms with Crippen molar-refractivity contribution in [1.82, 2.24) is 5.32 Å². The van der Waals surface area contributed by atoms with Crippen LogP contribution < -0.4 is 10.6 Å². The summed E-state index contributed by atoms with van der Waals surface area (Å²) < 4.78 is 0. The molecule has 1 aromatic rings. The number of aryl methyl sites for hydroxylation is 1. The van der Waals surface area contributed by atoms with Crippen LogP contribution in [0, 0.1) is 12.8 Å². The second kappa shape index (κ2) is 7.30. The molecule has 1 unspecified atom stereocenters. The van der Waals surface area contributed by atoms with Gasteiger partial charge >= 0.3 is 0 Å². The first-order valence-corrected chi connectivity index (χ1v) is 7.78. The second-order valence-corrected chi connectivity index (χ2v) is 6.14. The maximum absolute atomic E-state index is 12.0. The molecule has 1 aliphatic rings. The number of nitrogens with one attached hydrogen (secondary N) is 2. The Bertz CT molecular complexity index is 485. The zero-order valence-electron chi connectivity index (χ0n) is 11.6. The molecular weight excluding hydrogens is 295 g/mol. The Morgan fingerprint density at radius 2 is 2.25 bits per heavy atom. The molecule has 2 rings (SSSR count). The SMILES string of the molecule is Cc1ccc(Cl)c(NC(=O)CCC2CCCNC2)c1Cl. The van der Waals surface area contributed by atoms with E-state index in [1.807, 2.05) is 13.0 Å². The molecule has 0 aromatic heterocycles. The van der Waals surface area contributed by atoms with E-state index < -0.39 is 0 Å². The number of anilines is 1. The van der Waals surface area contributed by atoms with Crippen LogP contribution in [0.25, 0.3) is 0 Å². The maximum Gasteiger partial charge on any atom is 0.224 e. The van der Waals surface area contributed by atoms with E-state index in [-0.39, 0.29) is 5.91 Å². The molecule has 0 aliphatic carbocycles. The third-order valence-corrected chi connectivity index (χ3v) is 4.53. The molecular formula is C15H20Cl2N2O. The lowest BCUT2D eigenvalue weighted by molar-refractivity contribution is -0.116. The Morgan fingerprint density at radius 1 is 1.45 bits per heavy atom. The molecule has 1 heterocycles. The summed E-state index contributed by atoms with van der Waals surface area (Å²) in [5.41, 5.74) is 1.43. The van der Waals surface area contributed by atoms with E-state index in [4.69, 9.17) is 23.2 Å². The van der Waals surface area contributed by atoms with Crippen LogP contribution in [0.15, 0.2) is 12.1 Å². The van der Waals surface area contributed by atoms with Crippen LogP contribution in [-0.4, -0.2) is 19.0 Å². The van der Waals surface area contributed by atoms with E-state index in [9.17, 15) is 4.79 Å². The van der Waals surface area contributed by atoms with Crippen LogP contribution in [-0.2, 0) is 4.79 Å². The van der Waals surface area contributed by atoms with Gasteiger partial charge in [-0.1, -0.05) is 29.3 Å². The molecule has 20 heavy (non-hydrogen) atoms. The highest BCUT2D eigenvalue weighted by Gasteiger charge is 2.16. The van der Waals surface area contributed by atoms with Crippen molar-refractivity contribution in [3.05, 3.63) is 27.7 Å². The van der Waals surface area contributed by atoms with Gasteiger partial charge in [-0.25, -0.2) is 0 Å². The topological polar surface area (TPSA) is 41.1 Å². The van der Waals surface area contributed by atoms with Crippen molar-refractivity contribution in [2.75, 3.05) is 18.4 Å². The molecule has 110 valence electrons. The summed E-state index contributed by atoms with van der Waals surface area (Å²) >= 11 is 12.3. The molecule has 3 nitrogen and oxygen atoms in total. The summed E-state index contributed by atoms with van der Waals surface area (Å²) in [5.74, 6) is 0.572. The molecule has 0 radical (unpaired) electrons. The van der Waals surface area contributed by atoms with Gasteiger partial charge in [-0.05, 0) is 56.8 Å². The number of piperidine rings is 1. The van der Waals surface area contributed by atoms with E-state index in [0.717, 1.165) is 25.1 Å². The number of hydrogen-bond donors (Lipinski definition) is 2. The first-order chi connectivity index (χ1) is 9.58. The van der Waals surface area contributed by atoms with Crippen LogP contribution in [0.1, 0.15) is 31.2 Å². The third kappa shape index (κ3) is 4.11. The summed E-state index contributed by atoms with van der Waals surface area (Å²) in [6.45, 7) is 4.00. The van der Waals surface area contributed by atoms with Gasteiger partial charge in [0.2, 0.25) is 5.91 Å². The Kier molecular flexibility index (Phi) is 5.70. The van der Waals surface area contributed by atoms with Gasteiger partial charge in [0.05, 0.1) is 15.7 Å². The van der Waals surface area contributed by atoms with Gasteiger partial charge in [0, 0.05) is 6.42 Å². The van der Waals surface area contributed by atoms with E-state index in [1.165, 1.54) is 12.8 Å². The van der Waals surface area contributed by atoms with Gasteiger partial charge in [-0.2, -0.15) is 0 Å². The summed E-state index contributed by atoms with van der Waals surface area (Å²) in [7, 11) is 0. The van der Waals surface area contributed by atoms with Crippen molar-refractivity contribution in [2.24, 2.45) is 5.92 Å². The number of rotatable bonds is 4. The summed E-state index contributed by atoms with van der Waals surface area (Å²) in [6.07, 6.45) is 3.81. The lowest BCUT2D eigenvalue weighted by Crippen LogP contribution is -2.30. The van der Waals surface area contributed by atoms with Crippen LogP contribution >= 0.6 is 23.2 Å². The minimum absolute atomic E-state index is 0.0232. The van der Waals surface area contributed by atoms with Crippen molar-refractivity contribution >= 4 is 34.8 Å². The monoisotopic (exact) mass is 314 g/mol. The smallest absolute Gasteiger partial charge is 0.224 e. The molecule has 1 fully saturated rings. The van der Waals surface area contributed by atoms with Crippen molar-refractivity contribution < 1.29 is 4.79 Å². The van der Waals surface area contributed by atoms with Crippen LogP contribution in [0.3, 0.4) is 0 Å². The summed E-state index contributed by atoms with van der Waals surface area (Å²) in [6, 6.07) is 3.59. The Morgan fingerprint density at radius 3 is 2.95 bits per heavy atom. The van der Waals surface area contributed by atoms with Gasteiger partial charge in [0.1, 0.15) is 0 Å². The lowest BCUT2D eigenvalue weighted by Gasteiger charge is -2.22. The van der Waals surface area contributed by atoms with E-state index in [1.54, 1.807) is 6.07 Å². The largest absolute Gasteiger partial charge is 0.324 e. The van der Waals surface area contributed by atoms with Crippen LogP contribution in [0.5, 0.6) is 0 Å². The van der Waals surface area contributed by atoms with Gasteiger partial charge in [-0.15, -0.1) is 0 Å². The fourth-order valence-corrected chi connectivity index (χ4v) is 2.94. The molecule has 0 spiro atoms. The van der Waals surface area contributed by atoms with Crippen LogP contribution in [0.4, 0.5) is 5.69 Å². The van der Waals surface area contributed by atoms with Crippen molar-refractivity contribution in [3.8, 4) is 0 Å². The normalized spacial score (nSPS) is 18.9. The number of carbonyl (C=O) groups excluding carboxylic acids is 1. The minimum atomic E-state index is -0.0232. The van der Waals surface area contributed by atoms with Crippen LogP contribution in [0.2, 0.25) is 10.0 Å². The highest BCUT2D eigenvalue weighted by atomic mass is 35.5.